The lowest BCUT2D eigenvalue weighted by Gasteiger charge is -2.20. The molecule has 0 aliphatic heterocycles. The number of ether oxygens (including phenoxy) is 1. The lowest BCUT2D eigenvalue weighted by molar-refractivity contribution is -0.133. The fourth-order valence-corrected chi connectivity index (χ4v) is 3.45. The van der Waals surface area contributed by atoms with Crippen LogP contribution in [0.3, 0.4) is 0 Å². The van der Waals surface area contributed by atoms with E-state index in [1.165, 1.54) is 17.3 Å². The monoisotopic (exact) mass is 441 g/mol. The van der Waals surface area contributed by atoms with Gasteiger partial charge in [-0.15, -0.1) is 10.2 Å². The predicted octanol–water partition coefficient (Wildman–Crippen LogP) is 4.06. The number of aromatic nitrogens is 3. The molecule has 1 aromatic heterocycles. The summed E-state index contributed by atoms with van der Waals surface area (Å²) in [5.74, 6) is 0.765. The Bertz CT molecular complexity index is 772. The Morgan fingerprint density at radius 3 is 2.69 bits per heavy atom. The van der Waals surface area contributed by atoms with Gasteiger partial charge in [-0.2, -0.15) is 0 Å². The molecule has 6 nitrogen and oxygen atoms in total. The molecule has 26 heavy (non-hydrogen) atoms. The molecule has 0 unspecified atom stereocenters. The van der Waals surface area contributed by atoms with Gasteiger partial charge in [-0.3, -0.25) is 4.79 Å². The number of carboxylic acid groups (broad SMARTS) is 1. The van der Waals surface area contributed by atoms with Crippen LogP contribution >= 0.6 is 27.7 Å². The minimum Gasteiger partial charge on any atom is -0.492 e. The highest BCUT2D eigenvalue weighted by atomic mass is 79.9. The predicted molar refractivity (Wildman–Crippen MR) is 106 cm³/mol. The number of nitrogens with zero attached hydrogens (tertiary/aromatic N) is 3. The molecular formula is C18H24BrN3O3S. The first-order valence-corrected chi connectivity index (χ1v) is 10.1. The summed E-state index contributed by atoms with van der Waals surface area (Å²) in [6, 6.07) is 6.19. The molecule has 0 bridgehead atoms. The van der Waals surface area contributed by atoms with Gasteiger partial charge >= 0.3 is 5.97 Å². The van der Waals surface area contributed by atoms with Gasteiger partial charge in [0.2, 0.25) is 0 Å². The van der Waals surface area contributed by atoms with Crippen molar-refractivity contribution in [2.24, 2.45) is 7.05 Å². The van der Waals surface area contributed by atoms with E-state index in [1.54, 1.807) is 0 Å². The highest BCUT2D eigenvalue weighted by Crippen LogP contribution is 2.31. The molecule has 0 saturated carbocycles. The zero-order chi connectivity index (χ0) is 19.3. The number of benzene rings is 1. The molecule has 0 aliphatic rings. The molecule has 0 amide bonds. The molecule has 2 rings (SSSR count). The Labute approximate surface area is 166 Å². The number of carboxylic acids is 1. The van der Waals surface area contributed by atoms with Crippen LogP contribution in [-0.2, 0) is 23.7 Å². The van der Waals surface area contributed by atoms with E-state index in [2.05, 4.69) is 59.0 Å². The second-order valence-corrected chi connectivity index (χ2v) is 8.78. The summed E-state index contributed by atoms with van der Waals surface area (Å²) < 4.78 is 8.65. The molecule has 0 atom stereocenters. The van der Waals surface area contributed by atoms with Gasteiger partial charge in [-0.25, -0.2) is 0 Å². The molecule has 0 radical (unpaired) electrons. The fraction of sp³-hybridized carbons (Fsp3) is 0.500. The van der Waals surface area contributed by atoms with Gasteiger partial charge in [-0.1, -0.05) is 38.6 Å². The Kier molecular flexibility index (Phi) is 7.11. The average molecular weight is 442 g/mol. The van der Waals surface area contributed by atoms with Gasteiger partial charge in [0.15, 0.2) is 5.16 Å². The van der Waals surface area contributed by atoms with Crippen LogP contribution in [0, 0.1) is 0 Å². The second kappa shape index (κ2) is 8.90. The zero-order valence-corrected chi connectivity index (χ0v) is 17.9. The van der Waals surface area contributed by atoms with Crippen molar-refractivity contribution >= 4 is 33.7 Å². The summed E-state index contributed by atoms with van der Waals surface area (Å²) in [5.41, 5.74) is 1.35. The van der Waals surface area contributed by atoms with Crippen LogP contribution in [0.4, 0.5) is 0 Å². The SMILES string of the molecule is Cn1c(CCCOc2ccc(C(C)(C)C)cc2Br)nnc1SCC(=O)O. The first-order valence-electron chi connectivity index (χ1n) is 8.34. The summed E-state index contributed by atoms with van der Waals surface area (Å²) in [5, 5.41) is 17.5. The van der Waals surface area contributed by atoms with Crippen molar-refractivity contribution < 1.29 is 14.6 Å². The third-order valence-electron chi connectivity index (χ3n) is 3.85. The average Bonchev–Trinajstić information content (AvgIpc) is 2.90. The van der Waals surface area contributed by atoms with Gasteiger partial charge in [0.25, 0.3) is 0 Å². The van der Waals surface area contributed by atoms with Gasteiger partial charge < -0.3 is 14.4 Å². The number of halogens is 1. The Morgan fingerprint density at radius 1 is 1.35 bits per heavy atom. The number of thioether (sulfide) groups is 1. The van der Waals surface area contributed by atoms with Crippen molar-refractivity contribution in [2.45, 2.75) is 44.2 Å². The minimum absolute atomic E-state index is 0.0202. The summed E-state index contributed by atoms with van der Waals surface area (Å²) in [4.78, 5) is 10.6. The molecule has 0 fully saturated rings. The Morgan fingerprint density at radius 2 is 2.08 bits per heavy atom. The normalized spacial score (nSPS) is 11.6. The number of aryl methyl sites for hydroxylation is 1. The summed E-state index contributed by atoms with van der Waals surface area (Å²) >= 11 is 4.75. The number of carbonyl (C=O) groups is 1. The maximum atomic E-state index is 10.6. The summed E-state index contributed by atoms with van der Waals surface area (Å²) in [6.07, 6.45) is 1.51. The molecule has 2 aromatic rings. The maximum absolute atomic E-state index is 10.6. The van der Waals surface area contributed by atoms with Crippen LogP contribution in [0.25, 0.3) is 0 Å². The molecule has 0 spiro atoms. The highest BCUT2D eigenvalue weighted by Gasteiger charge is 2.15. The second-order valence-electron chi connectivity index (χ2n) is 6.99. The van der Waals surface area contributed by atoms with Crippen LogP contribution in [-0.4, -0.2) is 38.2 Å². The van der Waals surface area contributed by atoms with Crippen LogP contribution in [0.1, 0.15) is 38.6 Å². The van der Waals surface area contributed by atoms with Gasteiger partial charge in [-0.05, 0) is 45.5 Å². The third-order valence-corrected chi connectivity index (χ3v) is 5.47. The lowest BCUT2D eigenvalue weighted by atomic mass is 9.87. The molecule has 1 aromatic carbocycles. The van der Waals surface area contributed by atoms with Crippen LogP contribution in [0.2, 0.25) is 0 Å². The van der Waals surface area contributed by atoms with Crippen LogP contribution in [0.15, 0.2) is 27.8 Å². The van der Waals surface area contributed by atoms with E-state index in [9.17, 15) is 4.79 Å². The Hall–Kier alpha value is -1.54. The standard InChI is InChI=1S/C18H24BrN3O3S/c1-18(2,3)12-7-8-14(13(19)10-12)25-9-5-6-15-20-21-17(22(15)4)26-11-16(23)24/h7-8,10H,5-6,9,11H2,1-4H3,(H,23,24). The van der Waals surface area contributed by atoms with Crippen molar-refractivity contribution in [1.29, 1.82) is 0 Å². The summed E-state index contributed by atoms with van der Waals surface area (Å²) in [7, 11) is 1.85. The number of hydrogen-bond donors (Lipinski definition) is 1. The molecule has 142 valence electrons. The molecule has 8 heteroatoms. The zero-order valence-electron chi connectivity index (χ0n) is 15.5. The van der Waals surface area contributed by atoms with Gasteiger partial charge in [0.05, 0.1) is 16.8 Å². The first-order chi connectivity index (χ1) is 12.2. The van der Waals surface area contributed by atoms with E-state index in [-0.39, 0.29) is 11.2 Å². The molecular weight excluding hydrogens is 418 g/mol. The van der Waals surface area contributed by atoms with E-state index in [1.807, 2.05) is 17.7 Å². The first kappa shape index (κ1) is 20.8. The maximum Gasteiger partial charge on any atom is 0.313 e. The van der Waals surface area contributed by atoms with Crippen molar-refractivity contribution in [2.75, 3.05) is 12.4 Å². The van der Waals surface area contributed by atoms with Crippen LogP contribution in [0.5, 0.6) is 5.75 Å². The number of rotatable bonds is 8. The minimum atomic E-state index is -0.865. The van der Waals surface area contributed by atoms with Gasteiger partial charge in [0.1, 0.15) is 11.6 Å². The third kappa shape index (κ3) is 5.74. The van der Waals surface area contributed by atoms with Crippen molar-refractivity contribution in [1.82, 2.24) is 14.8 Å². The number of aliphatic carboxylic acids is 1. The Balaban J connectivity index is 1.85. The topological polar surface area (TPSA) is 77.2 Å². The van der Waals surface area contributed by atoms with E-state index in [4.69, 9.17) is 9.84 Å². The fourth-order valence-electron chi connectivity index (χ4n) is 2.31. The van der Waals surface area contributed by atoms with Crippen molar-refractivity contribution in [3.8, 4) is 5.75 Å². The van der Waals surface area contributed by atoms with Crippen molar-refractivity contribution in [3.05, 3.63) is 34.1 Å². The van der Waals surface area contributed by atoms with E-state index in [0.29, 0.717) is 11.8 Å². The molecule has 1 heterocycles. The molecule has 1 N–H and O–H groups in total. The van der Waals surface area contributed by atoms with Crippen LogP contribution < -0.4 is 4.74 Å². The van der Waals surface area contributed by atoms with Gasteiger partial charge in [0, 0.05) is 13.5 Å². The summed E-state index contributed by atoms with van der Waals surface area (Å²) in [6.45, 7) is 7.11. The van der Waals surface area contributed by atoms with E-state index < -0.39 is 5.97 Å². The molecule has 0 aliphatic carbocycles. The quantitative estimate of drug-likeness (QED) is 0.491. The number of hydrogen-bond acceptors (Lipinski definition) is 5. The van der Waals surface area contributed by atoms with E-state index >= 15 is 0 Å². The largest absolute Gasteiger partial charge is 0.492 e. The molecule has 0 saturated heterocycles. The smallest absolute Gasteiger partial charge is 0.313 e. The lowest BCUT2D eigenvalue weighted by Crippen LogP contribution is -2.11. The highest BCUT2D eigenvalue weighted by molar-refractivity contribution is 9.10. The van der Waals surface area contributed by atoms with E-state index in [0.717, 1.165) is 28.9 Å². The van der Waals surface area contributed by atoms with Crippen molar-refractivity contribution in [3.63, 3.8) is 0 Å².